The van der Waals surface area contributed by atoms with Gasteiger partial charge < -0.3 is 10.5 Å². The monoisotopic (exact) mass is 235 g/mol. The lowest BCUT2D eigenvalue weighted by atomic mass is 10.1. The highest BCUT2D eigenvalue weighted by Gasteiger charge is 2.21. The predicted octanol–water partition coefficient (Wildman–Crippen LogP) is -0.190. The fourth-order valence-corrected chi connectivity index (χ4v) is 2.05. The zero-order valence-electron chi connectivity index (χ0n) is 9.71. The molecular weight excluding hydrogens is 218 g/mol. The van der Waals surface area contributed by atoms with Crippen molar-refractivity contribution in [3.05, 3.63) is 30.1 Å². The third-order valence-corrected chi connectivity index (χ3v) is 2.79. The maximum absolute atomic E-state index is 10.9. The number of primary amides is 1. The van der Waals surface area contributed by atoms with Gasteiger partial charge in [-0.2, -0.15) is 0 Å². The average Bonchev–Trinajstić information content (AvgIpc) is 2.30. The van der Waals surface area contributed by atoms with Crippen LogP contribution in [0.5, 0.6) is 0 Å². The van der Waals surface area contributed by atoms with Gasteiger partial charge in [-0.25, -0.2) is 0 Å². The molecule has 1 aliphatic heterocycles. The molecule has 0 aliphatic carbocycles. The third-order valence-electron chi connectivity index (χ3n) is 2.79. The summed E-state index contributed by atoms with van der Waals surface area (Å²) in [5, 5.41) is 0. The number of hydrogen-bond donors (Lipinski definition) is 1. The molecule has 1 atom stereocenters. The van der Waals surface area contributed by atoms with Gasteiger partial charge in [0.1, 0.15) is 0 Å². The second-order valence-electron chi connectivity index (χ2n) is 4.26. The summed E-state index contributed by atoms with van der Waals surface area (Å²) in [5.74, 6) is -0.285. The van der Waals surface area contributed by atoms with E-state index in [0.717, 1.165) is 25.1 Å². The molecule has 2 rings (SSSR count). The van der Waals surface area contributed by atoms with Gasteiger partial charge in [-0.05, 0) is 11.6 Å². The lowest BCUT2D eigenvalue weighted by Crippen LogP contribution is -2.46. The Labute approximate surface area is 101 Å². The van der Waals surface area contributed by atoms with Gasteiger partial charge in [-0.15, -0.1) is 0 Å². The van der Waals surface area contributed by atoms with E-state index in [4.69, 9.17) is 10.5 Å². The van der Waals surface area contributed by atoms with Gasteiger partial charge in [0, 0.05) is 31.9 Å². The SMILES string of the molecule is NC(=O)CN1CCOC(Cc2cccnc2)C1. The van der Waals surface area contributed by atoms with Crippen LogP contribution in [0, 0.1) is 0 Å². The van der Waals surface area contributed by atoms with E-state index in [1.165, 1.54) is 0 Å². The summed E-state index contributed by atoms with van der Waals surface area (Å²) in [4.78, 5) is 17.0. The summed E-state index contributed by atoms with van der Waals surface area (Å²) in [5.41, 5.74) is 6.34. The summed E-state index contributed by atoms with van der Waals surface area (Å²) in [6.45, 7) is 2.48. The number of hydrogen-bond acceptors (Lipinski definition) is 4. The number of carbonyl (C=O) groups excluding carboxylic acids is 1. The number of amides is 1. The number of ether oxygens (including phenoxy) is 1. The smallest absolute Gasteiger partial charge is 0.231 e. The van der Waals surface area contributed by atoms with Crippen LogP contribution in [0.15, 0.2) is 24.5 Å². The van der Waals surface area contributed by atoms with E-state index in [0.29, 0.717) is 13.2 Å². The van der Waals surface area contributed by atoms with Gasteiger partial charge in [0.2, 0.25) is 5.91 Å². The molecule has 1 aromatic heterocycles. The molecule has 0 bridgehead atoms. The zero-order chi connectivity index (χ0) is 12.1. The van der Waals surface area contributed by atoms with Crippen LogP contribution in [-0.2, 0) is 16.0 Å². The highest BCUT2D eigenvalue weighted by atomic mass is 16.5. The summed E-state index contributed by atoms with van der Waals surface area (Å²) >= 11 is 0. The molecule has 0 radical (unpaired) electrons. The first-order valence-electron chi connectivity index (χ1n) is 5.75. The number of morpholine rings is 1. The van der Waals surface area contributed by atoms with Crippen molar-refractivity contribution >= 4 is 5.91 Å². The minimum atomic E-state index is -0.285. The minimum absolute atomic E-state index is 0.118. The van der Waals surface area contributed by atoms with Crippen molar-refractivity contribution in [2.45, 2.75) is 12.5 Å². The molecule has 5 heteroatoms. The molecule has 0 spiro atoms. The number of rotatable bonds is 4. The van der Waals surface area contributed by atoms with E-state index in [1.807, 2.05) is 23.2 Å². The van der Waals surface area contributed by atoms with Crippen LogP contribution in [0.1, 0.15) is 5.56 Å². The van der Waals surface area contributed by atoms with Crippen LogP contribution < -0.4 is 5.73 Å². The average molecular weight is 235 g/mol. The van der Waals surface area contributed by atoms with Gasteiger partial charge in [0.05, 0.1) is 19.3 Å². The quantitative estimate of drug-likeness (QED) is 0.785. The van der Waals surface area contributed by atoms with Crippen molar-refractivity contribution in [2.24, 2.45) is 5.73 Å². The first kappa shape index (κ1) is 12.0. The number of aromatic nitrogens is 1. The van der Waals surface area contributed by atoms with Gasteiger partial charge in [0.25, 0.3) is 0 Å². The fraction of sp³-hybridized carbons (Fsp3) is 0.500. The number of carbonyl (C=O) groups is 1. The molecule has 0 saturated carbocycles. The van der Waals surface area contributed by atoms with Crippen molar-refractivity contribution < 1.29 is 9.53 Å². The highest BCUT2D eigenvalue weighted by molar-refractivity contribution is 5.75. The van der Waals surface area contributed by atoms with Crippen LogP contribution >= 0.6 is 0 Å². The molecule has 1 aliphatic rings. The normalized spacial score (nSPS) is 21.3. The van der Waals surface area contributed by atoms with Crippen LogP contribution in [0.3, 0.4) is 0 Å². The Hall–Kier alpha value is -1.46. The predicted molar refractivity (Wildman–Crippen MR) is 63.3 cm³/mol. The molecule has 0 aromatic carbocycles. The van der Waals surface area contributed by atoms with Crippen molar-refractivity contribution in [1.29, 1.82) is 0 Å². The highest BCUT2D eigenvalue weighted by Crippen LogP contribution is 2.10. The second-order valence-corrected chi connectivity index (χ2v) is 4.26. The largest absolute Gasteiger partial charge is 0.375 e. The minimum Gasteiger partial charge on any atom is -0.375 e. The molecule has 5 nitrogen and oxygen atoms in total. The Bertz CT molecular complexity index is 369. The molecule has 2 heterocycles. The van der Waals surface area contributed by atoms with E-state index in [-0.39, 0.29) is 12.0 Å². The standard InChI is InChI=1S/C12H17N3O2/c13-12(16)9-15-4-5-17-11(8-15)6-10-2-1-3-14-7-10/h1-3,7,11H,4-6,8-9H2,(H2,13,16). The number of nitrogens with two attached hydrogens (primary N) is 1. The Morgan fingerprint density at radius 3 is 3.24 bits per heavy atom. The van der Waals surface area contributed by atoms with Crippen LogP contribution in [0.25, 0.3) is 0 Å². The van der Waals surface area contributed by atoms with Crippen molar-refractivity contribution in [1.82, 2.24) is 9.88 Å². The Kier molecular flexibility index (Phi) is 4.06. The number of nitrogens with zero attached hydrogens (tertiary/aromatic N) is 2. The lowest BCUT2D eigenvalue weighted by molar-refractivity contribution is -0.121. The summed E-state index contributed by atoms with van der Waals surface area (Å²) in [7, 11) is 0. The van der Waals surface area contributed by atoms with Gasteiger partial charge >= 0.3 is 0 Å². The van der Waals surface area contributed by atoms with Crippen LogP contribution in [0.4, 0.5) is 0 Å². The van der Waals surface area contributed by atoms with Crippen molar-refractivity contribution in [3.8, 4) is 0 Å². The molecule has 2 N–H and O–H groups in total. The topological polar surface area (TPSA) is 68.5 Å². The first-order chi connectivity index (χ1) is 8.24. The van der Waals surface area contributed by atoms with E-state index in [1.54, 1.807) is 6.20 Å². The van der Waals surface area contributed by atoms with Crippen LogP contribution in [0.2, 0.25) is 0 Å². The van der Waals surface area contributed by atoms with Crippen molar-refractivity contribution in [2.75, 3.05) is 26.2 Å². The maximum atomic E-state index is 10.9. The van der Waals surface area contributed by atoms with E-state index < -0.39 is 0 Å². The Balaban J connectivity index is 1.87. The van der Waals surface area contributed by atoms with Gasteiger partial charge in [0.15, 0.2) is 0 Å². The van der Waals surface area contributed by atoms with Crippen molar-refractivity contribution in [3.63, 3.8) is 0 Å². The fourth-order valence-electron chi connectivity index (χ4n) is 2.05. The molecular formula is C12H17N3O2. The lowest BCUT2D eigenvalue weighted by Gasteiger charge is -2.32. The number of pyridine rings is 1. The van der Waals surface area contributed by atoms with E-state index in [9.17, 15) is 4.79 Å². The molecule has 1 saturated heterocycles. The van der Waals surface area contributed by atoms with E-state index in [2.05, 4.69) is 4.98 Å². The first-order valence-corrected chi connectivity index (χ1v) is 5.75. The van der Waals surface area contributed by atoms with Gasteiger partial charge in [-0.1, -0.05) is 6.07 Å². The molecule has 17 heavy (non-hydrogen) atoms. The second kappa shape index (κ2) is 5.75. The molecule has 1 fully saturated rings. The molecule has 92 valence electrons. The molecule has 1 amide bonds. The van der Waals surface area contributed by atoms with E-state index >= 15 is 0 Å². The molecule has 1 aromatic rings. The Morgan fingerprint density at radius 1 is 1.65 bits per heavy atom. The summed E-state index contributed by atoms with van der Waals surface area (Å²) < 4.78 is 5.67. The van der Waals surface area contributed by atoms with Gasteiger partial charge in [-0.3, -0.25) is 14.7 Å². The summed E-state index contributed by atoms with van der Waals surface area (Å²) in [6.07, 6.45) is 4.54. The zero-order valence-corrected chi connectivity index (χ0v) is 9.71. The maximum Gasteiger partial charge on any atom is 0.231 e. The summed E-state index contributed by atoms with van der Waals surface area (Å²) in [6, 6.07) is 3.95. The Morgan fingerprint density at radius 2 is 2.53 bits per heavy atom. The van der Waals surface area contributed by atoms with Crippen LogP contribution in [-0.4, -0.2) is 48.1 Å². The third kappa shape index (κ3) is 3.80. The molecule has 1 unspecified atom stereocenters.